The fourth-order valence-corrected chi connectivity index (χ4v) is 4.04. The molecule has 4 N–H and O–H groups in total. The van der Waals surface area contributed by atoms with Crippen molar-refractivity contribution >= 4 is 28.4 Å². The minimum atomic E-state index is -0.596. The lowest BCUT2D eigenvalue weighted by Gasteiger charge is -2.30. The zero-order chi connectivity index (χ0) is 22.9. The molecule has 2 heterocycles. The quantitative estimate of drug-likeness (QED) is 0.541. The Morgan fingerprint density at radius 2 is 1.77 bits per heavy atom. The summed E-state index contributed by atoms with van der Waals surface area (Å²) in [4.78, 5) is 24.3. The lowest BCUT2D eigenvalue weighted by atomic mass is 9.80. The number of rotatable bonds is 3. The van der Waals surface area contributed by atoms with Crippen LogP contribution in [0.3, 0.4) is 0 Å². The Bertz CT molecular complexity index is 1160. The minimum Gasteiger partial charge on any atom is -0.398 e. The number of halogens is 1. The number of hydrogen-bond acceptors (Lipinski definition) is 3. The van der Waals surface area contributed by atoms with Gasteiger partial charge < -0.3 is 11.5 Å². The smallest absolute Gasteiger partial charge is 0.250 e. The fraction of sp³-hybridized carbons (Fsp3) is 0.360. The van der Waals surface area contributed by atoms with Crippen LogP contribution in [-0.4, -0.2) is 16.4 Å². The van der Waals surface area contributed by atoms with E-state index < -0.39 is 11.7 Å². The Hall–Kier alpha value is -3.15. The van der Waals surface area contributed by atoms with Gasteiger partial charge >= 0.3 is 0 Å². The van der Waals surface area contributed by atoms with E-state index in [2.05, 4.69) is 13.8 Å². The number of nitrogens with zero attached hydrogens (tertiary/aromatic N) is 1. The molecule has 2 aromatic carbocycles. The first-order valence-electron chi connectivity index (χ1n) is 10.6. The zero-order valence-corrected chi connectivity index (χ0v) is 18.6. The van der Waals surface area contributed by atoms with Crippen molar-refractivity contribution in [3.05, 3.63) is 53.5 Å². The van der Waals surface area contributed by atoms with Gasteiger partial charge in [0.05, 0.1) is 11.1 Å². The number of nitrogen functional groups attached to an aromatic ring is 1. The average Bonchev–Trinajstić information content (AvgIpc) is 2.99. The van der Waals surface area contributed by atoms with E-state index in [1.165, 1.54) is 25.0 Å². The molecule has 0 unspecified atom stereocenters. The molecule has 31 heavy (non-hydrogen) atoms. The predicted molar refractivity (Wildman–Crippen MR) is 124 cm³/mol. The summed E-state index contributed by atoms with van der Waals surface area (Å²) in [7, 11) is 0. The number of benzene rings is 2. The van der Waals surface area contributed by atoms with Crippen molar-refractivity contribution < 1.29 is 14.0 Å². The number of fused-ring (bicyclic) bond motifs is 3. The van der Waals surface area contributed by atoms with Crippen molar-refractivity contribution in [3.8, 4) is 11.1 Å². The molecule has 0 radical (unpaired) electrons. The third-order valence-corrected chi connectivity index (χ3v) is 5.66. The topological polar surface area (TPSA) is 91.1 Å². The van der Waals surface area contributed by atoms with Crippen LogP contribution in [-0.2, 0) is 6.42 Å². The van der Waals surface area contributed by atoms with Gasteiger partial charge in [0.15, 0.2) is 0 Å². The van der Waals surface area contributed by atoms with E-state index in [-0.39, 0.29) is 22.6 Å². The predicted octanol–water partition coefficient (Wildman–Crippen LogP) is 5.55. The Kier molecular flexibility index (Phi) is 6.20. The van der Waals surface area contributed by atoms with Gasteiger partial charge in [0.1, 0.15) is 5.82 Å². The summed E-state index contributed by atoms with van der Waals surface area (Å²) in [5.74, 6) is -1.04. The second-order valence-electron chi connectivity index (χ2n) is 8.90. The SMILES string of the molecule is CC1(C)CC(=O)n2c(c(-c3ccc(C(N)=O)c(N)c3)c3ccc(F)cc32)C1.CCCC. The van der Waals surface area contributed by atoms with Crippen LogP contribution >= 0.6 is 0 Å². The largest absolute Gasteiger partial charge is 0.398 e. The Morgan fingerprint density at radius 1 is 1.10 bits per heavy atom. The van der Waals surface area contributed by atoms with Gasteiger partial charge in [0.25, 0.3) is 5.91 Å². The maximum absolute atomic E-state index is 13.9. The highest BCUT2D eigenvalue weighted by molar-refractivity contribution is 6.06. The summed E-state index contributed by atoms with van der Waals surface area (Å²) in [5, 5.41) is 0.781. The lowest BCUT2D eigenvalue weighted by Crippen LogP contribution is -2.31. The molecule has 6 heteroatoms. The molecule has 0 bridgehead atoms. The Balaban J connectivity index is 0.000000628. The highest BCUT2D eigenvalue weighted by atomic mass is 19.1. The molecule has 1 aromatic heterocycles. The van der Waals surface area contributed by atoms with Crippen molar-refractivity contribution in [2.24, 2.45) is 11.1 Å². The molecule has 0 aliphatic carbocycles. The van der Waals surface area contributed by atoms with Gasteiger partial charge in [-0.1, -0.05) is 46.6 Å². The summed E-state index contributed by atoms with van der Waals surface area (Å²) in [6, 6.07) is 9.49. The van der Waals surface area contributed by atoms with Crippen LogP contribution in [0.2, 0.25) is 0 Å². The number of unbranched alkanes of at least 4 members (excludes halogenated alkanes) is 1. The molecule has 164 valence electrons. The average molecular weight is 424 g/mol. The number of carbonyl (C=O) groups is 2. The lowest BCUT2D eigenvalue weighted by molar-refractivity contribution is 0.0816. The van der Waals surface area contributed by atoms with E-state index >= 15 is 0 Å². The van der Waals surface area contributed by atoms with Gasteiger partial charge in [-0.25, -0.2) is 4.39 Å². The van der Waals surface area contributed by atoms with Crippen LogP contribution in [0.1, 0.15) is 67.8 Å². The third kappa shape index (κ3) is 4.33. The van der Waals surface area contributed by atoms with E-state index in [0.717, 1.165) is 22.2 Å². The van der Waals surface area contributed by atoms with Crippen LogP contribution in [0.25, 0.3) is 22.0 Å². The second-order valence-corrected chi connectivity index (χ2v) is 8.90. The number of aromatic nitrogens is 1. The second kappa shape index (κ2) is 8.53. The molecule has 0 saturated carbocycles. The summed E-state index contributed by atoms with van der Waals surface area (Å²) < 4.78 is 15.5. The molecule has 0 atom stereocenters. The van der Waals surface area contributed by atoms with Crippen LogP contribution in [0, 0.1) is 11.2 Å². The number of primary amides is 1. The number of amides is 1. The standard InChI is InChI=1S/C21H20FN3O2.C4H10/c1-21(2)9-17-19(11-3-5-13(20(24)27)15(23)7-11)14-6-4-12(22)8-16(14)25(17)18(26)10-21;1-3-4-2/h3-8H,9-10,23H2,1-2H3,(H2,24,27);3-4H2,1-2H3. The van der Waals surface area contributed by atoms with E-state index in [0.29, 0.717) is 18.4 Å². The Labute approximate surface area is 182 Å². The molecule has 0 saturated heterocycles. The highest BCUT2D eigenvalue weighted by Gasteiger charge is 2.35. The third-order valence-electron chi connectivity index (χ3n) is 5.66. The first kappa shape index (κ1) is 22.5. The highest BCUT2D eigenvalue weighted by Crippen LogP contribution is 2.43. The van der Waals surface area contributed by atoms with Crippen LogP contribution < -0.4 is 11.5 Å². The first-order valence-corrected chi connectivity index (χ1v) is 10.6. The fourth-order valence-electron chi connectivity index (χ4n) is 4.04. The van der Waals surface area contributed by atoms with Gasteiger partial charge in [0, 0.05) is 28.8 Å². The molecule has 1 aliphatic rings. The molecule has 4 rings (SSSR count). The first-order chi connectivity index (χ1) is 14.6. The molecular formula is C25H30FN3O2. The molecule has 3 aromatic rings. The summed E-state index contributed by atoms with van der Waals surface area (Å²) >= 11 is 0. The molecule has 1 amide bonds. The zero-order valence-electron chi connectivity index (χ0n) is 18.6. The monoisotopic (exact) mass is 423 g/mol. The van der Waals surface area contributed by atoms with Crippen molar-refractivity contribution in [2.45, 2.75) is 53.4 Å². The van der Waals surface area contributed by atoms with Gasteiger partial charge in [-0.05, 0) is 47.7 Å². The van der Waals surface area contributed by atoms with Gasteiger partial charge in [-0.3, -0.25) is 14.2 Å². The normalized spacial score (nSPS) is 14.7. The number of hydrogen-bond donors (Lipinski definition) is 2. The van der Waals surface area contributed by atoms with E-state index in [1.54, 1.807) is 28.8 Å². The van der Waals surface area contributed by atoms with Gasteiger partial charge in [-0.2, -0.15) is 0 Å². The number of anilines is 1. The van der Waals surface area contributed by atoms with Gasteiger partial charge in [0.2, 0.25) is 5.91 Å². The van der Waals surface area contributed by atoms with Crippen molar-refractivity contribution in [1.29, 1.82) is 0 Å². The van der Waals surface area contributed by atoms with Crippen LogP contribution in [0.5, 0.6) is 0 Å². The number of nitrogens with two attached hydrogens (primary N) is 2. The molecule has 0 spiro atoms. The summed E-state index contributed by atoms with van der Waals surface area (Å²) in [6.07, 6.45) is 3.70. The molecule has 0 fully saturated rings. The Morgan fingerprint density at radius 3 is 2.35 bits per heavy atom. The van der Waals surface area contributed by atoms with Crippen LogP contribution in [0.4, 0.5) is 10.1 Å². The van der Waals surface area contributed by atoms with Crippen molar-refractivity contribution in [3.63, 3.8) is 0 Å². The van der Waals surface area contributed by atoms with Crippen LogP contribution in [0.15, 0.2) is 36.4 Å². The van der Waals surface area contributed by atoms with Crippen molar-refractivity contribution in [2.75, 3.05) is 5.73 Å². The minimum absolute atomic E-state index is 0.0511. The van der Waals surface area contributed by atoms with Gasteiger partial charge in [-0.15, -0.1) is 0 Å². The summed E-state index contributed by atoms with van der Waals surface area (Å²) in [5.41, 5.74) is 14.7. The van der Waals surface area contributed by atoms with E-state index in [4.69, 9.17) is 11.5 Å². The maximum Gasteiger partial charge on any atom is 0.250 e. The number of carbonyl (C=O) groups excluding carboxylic acids is 2. The van der Waals surface area contributed by atoms with Crippen molar-refractivity contribution in [1.82, 2.24) is 4.57 Å². The molecule has 1 aliphatic heterocycles. The molecule has 5 nitrogen and oxygen atoms in total. The van der Waals surface area contributed by atoms with E-state index in [1.807, 2.05) is 13.8 Å². The van der Waals surface area contributed by atoms with E-state index in [9.17, 15) is 14.0 Å². The maximum atomic E-state index is 13.9. The molecular weight excluding hydrogens is 393 g/mol. The summed E-state index contributed by atoms with van der Waals surface area (Å²) in [6.45, 7) is 8.45.